The van der Waals surface area contributed by atoms with Crippen molar-refractivity contribution in [2.24, 2.45) is 0 Å². The van der Waals surface area contributed by atoms with Crippen LogP contribution < -0.4 is 5.32 Å². The molecule has 1 heterocycles. The van der Waals surface area contributed by atoms with E-state index < -0.39 is 0 Å². The van der Waals surface area contributed by atoms with Gasteiger partial charge < -0.3 is 10.4 Å². The van der Waals surface area contributed by atoms with Gasteiger partial charge in [0.05, 0.1) is 23.4 Å². The number of aromatic nitrogens is 1. The number of rotatable bonds is 5. The van der Waals surface area contributed by atoms with Gasteiger partial charge in [0.2, 0.25) is 0 Å². The maximum Gasteiger partial charge on any atom is 0.0897 e. The summed E-state index contributed by atoms with van der Waals surface area (Å²) in [6.07, 6.45) is 0. The summed E-state index contributed by atoms with van der Waals surface area (Å²) in [5, 5.41) is 15.8. The van der Waals surface area contributed by atoms with Crippen molar-refractivity contribution >= 4 is 11.3 Å². The van der Waals surface area contributed by atoms with E-state index in [0.29, 0.717) is 6.54 Å². The summed E-state index contributed by atoms with van der Waals surface area (Å²) in [5.41, 5.74) is 2.13. The van der Waals surface area contributed by atoms with E-state index >= 15 is 0 Å². The molecule has 0 amide bonds. The topological polar surface area (TPSA) is 45.2 Å². The molecule has 0 aliphatic carbocycles. The lowest BCUT2D eigenvalue weighted by molar-refractivity contribution is 0.243. The Morgan fingerprint density at radius 1 is 1.35 bits per heavy atom. The Bertz CT molecular complexity index is 455. The van der Waals surface area contributed by atoms with Gasteiger partial charge in [0.15, 0.2) is 0 Å². The van der Waals surface area contributed by atoms with Crippen molar-refractivity contribution in [3.05, 3.63) is 52.0 Å². The predicted molar refractivity (Wildman–Crippen MR) is 70.0 cm³/mol. The van der Waals surface area contributed by atoms with Crippen molar-refractivity contribution < 1.29 is 5.11 Å². The highest BCUT2D eigenvalue weighted by molar-refractivity contribution is 7.09. The maximum atomic E-state index is 9.38. The van der Waals surface area contributed by atoms with Crippen LogP contribution >= 0.6 is 11.3 Å². The molecule has 4 heteroatoms. The summed E-state index contributed by atoms with van der Waals surface area (Å²) in [4.78, 5) is 4.38. The quantitative estimate of drug-likeness (QED) is 0.853. The fraction of sp³-hybridized carbons (Fsp3) is 0.308. The lowest BCUT2D eigenvalue weighted by Gasteiger charge is -2.15. The molecule has 0 saturated heterocycles. The zero-order valence-corrected chi connectivity index (χ0v) is 10.6. The summed E-state index contributed by atoms with van der Waals surface area (Å²) >= 11 is 1.65. The Kier molecular flexibility index (Phi) is 4.25. The molecule has 0 radical (unpaired) electrons. The molecule has 0 saturated carbocycles. The Labute approximate surface area is 105 Å². The van der Waals surface area contributed by atoms with Crippen LogP contribution in [-0.4, -0.2) is 16.7 Å². The second-order valence-electron chi connectivity index (χ2n) is 3.88. The Balaban J connectivity index is 1.97. The first-order valence-electron chi connectivity index (χ1n) is 5.60. The van der Waals surface area contributed by atoms with Crippen molar-refractivity contribution in [1.82, 2.24) is 10.3 Å². The van der Waals surface area contributed by atoms with E-state index in [2.05, 4.69) is 10.3 Å². The third-order valence-corrected chi connectivity index (χ3v) is 3.40. The third-order valence-electron chi connectivity index (χ3n) is 2.58. The van der Waals surface area contributed by atoms with E-state index in [9.17, 15) is 5.11 Å². The van der Waals surface area contributed by atoms with Crippen LogP contribution in [0.25, 0.3) is 0 Å². The standard InChI is InChI=1S/C13H16N2OS/c1-10-15-12(9-17-10)7-14-13(8-16)11-5-3-2-4-6-11/h2-6,9,13-14,16H,7-8H2,1H3/t13-/m0/s1. The van der Waals surface area contributed by atoms with Gasteiger partial charge in [-0.1, -0.05) is 30.3 Å². The van der Waals surface area contributed by atoms with Gasteiger partial charge in [-0.2, -0.15) is 0 Å². The van der Waals surface area contributed by atoms with Gasteiger partial charge in [-0.15, -0.1) is 11.3 Å². The molecule has 17 heavy (non-hydrogen) atoms. The highest BCUT2D eigenvalue weighted by atomic mass is 32.1. The molecule has 90 valence electrons. The maximum absolute atomic E-state index is 9.38. The number of hydrogen-bond donors (Lipinski definition) is 2. The fourth-order valence-corrected chi connectivity index (χ4v) is 2.30. The van der Waals surface area contributed by atoms with E-state index in [1.807, 2.05) is 42.6 Å². The van der Waals surface area contributed by atoms with E-state index in [4.69, 9.17) is 0 Å². The molecular weight excluding hydrogens is 232 g/mol. The van der Waals surface area contributed by atoms with Gasteiger partial charge in [0.25, 0.3) is 0 Å². The molecule has 0 spiro atoms. The fourth-order valence-electron chi connectivity index (χ4n) is 1.69. The molecule has 1 atom stereocenters. The van der Waals surface area contributed by atoms with E-state index in [-0.39, 0.29) is 12.6 Å². The largest absolute Gasteiger partial charge is 0.394 e. The number of aliphatic hydroxyl groups is 1. The van der Waals surface area contributed by atoms with E-state index in [1.165, 1.54) is 0 Å². The molecular formula is C13H16N2OS. The number of nitrogens with zero attached hydrogens (tertiary/aromatic N) is 1. The highest BCUT2D eigenvalue weighted by Crippen LogP contribution is 2.13. The van der Waals surface area contributed by atoms with Crippen molar-refractivity contribution in [2.75, 3.05) is 6.61 Å². The molecule has 2 N–H and O–H groups in total. The number of hydrogen-bond acceptors (Lipinski definition) is 4. The average Bonchev–Trinajstić information content (AvgIpc) is 2.77. The molecule has 2 rings (SSSR count). The SMILES string of the molecule is Cc1nc(CN[C@@H](CO)c2ccccc2)cs1. The lowest BCUT2D eigenvalue weighted by Crippen LogP contribution is -2.24. The van der Waals surface area contributed by atoms with Crippen LogP contribution in [0, 0.1) is 6.92 Å². The summed E-state index contributed by atoms with van der Waals surface area (Å²) in [6.45, 7) is 2.77. The van der Waals surface area contributed by atoms with E-state index in [1.54, 1.807) is 11.3 Å². The molecule has 2 aromatic rings. The molecule has 3 nitrogen and oxygen atoms in total. The number of aryl methyl sites for hydroxylation is 1. The Morgan fingerprint density at radius 3 is 2.71 bits per heavy atom. The number of benzene rings is 1. The van der Waals surface area contributed by atoms with Crippen molar-refractivity contribution in [2.45, 2.75) is 19.5 Å². The zero-order chi connectivity index (χ0) is 12.1. The van der Waals surface area contributed by atoms with Crippen molar-refractivity contribution in [3.63, 3.8) is 0 Å². The summed E-state index contributed by atoms with van der Waals surface area (Å²) in [5.74, 6) is 0. The molecule has 0 aliphatic heterocycles. The highest BCUT2D eigenvalue weighted by Gasteiger charge is 2.09. The van der Waals surface area contributed by atoms with Crippen LogP contribution in [0.4, 0.5) is 0 Å². The van der Waals surface area contributed by atoms with Crippen molar-refractivity contribution in [1.29, 1.82) is 0 Å². The average molecular weight is 248 g/mol. The van der Waals surface area contributed by atoms with Crippen LogP contribution in [0.3, 0.4) is 0 Å². The smallest absolute Gasteiger partial charge is 0.0897 e. The first-order chi connectivity index (χ1) is 8.29. The van der Waals surface area contributed by atoms with Gasteiger partial charge in [-0.05, 0) is 12.5 Å². The second-order valence-corrected chi connectivity index (χ2v) is 4.95. The second kappa shape index (κ2) is 5.91. The Morgan fingerprint density at radius 2 is 2.12 bits per heavy atom. The number of aliphatic hydroxyl groups excluding tert-OH is 1. The van der Waals surface area contributed by atoms with E-state index in [0.717, 1.165) is 16.3 Å². The van der Waals surface area contributed by atoms with Gasteiger partial charge >= 0.3 is 0 Å². The lowest BCUT2D eigenvalue weighted by atomic mass is 10.1. The van der Waals surface area contributed by atoms with Crippen LogP contribution in [0.1, 0.15) is 22.3 Å². The predicted octanol–water partition coefficient (Wildman–Crippen LogP) is 2.27. The van der Waals surface area contributed by atoms with Crippen LogP contribution in [-0.2, 0) is 6.54 Å². The minimum atomic E-state index is -0.0294. The first-order valence-corrected chi connectivity index (χ1v) is 6.47. The van der Waals surface area contributed by atoms with Crippen LogP contribution in [0.5, 0.6) is 0 Å². The van der Waals surface area contributed by atoms with Gasteiger partial charge in [0.1, 0.15) is 0 Å². The van der Waals surface area contributed by atoms with Gasteiger partial charge in [0, 0.05) is 11.9 Å². The molecule has 0 unspecified atom stereocenters. The van der Waals surface area contributed by atoms with Crippen LogP contribution in [0.15, 0.2) is 35.7 Å². The zero-order valence-electron chi connectivity index (χ0n) is 9.76. The number of nitrogens with one attached hydrogen (secondary N) is 1. The summed E-state index contributed by atoms with van der Waals surface area (Å²) < 4.78 is 0. The minimum Gasteiger partial charge on any atom is -0.394 e. The third kappa shape index (κ3) is 3.36. The monoisotopic (exact) mass is 248 g/mol. The summed E-state index contributed by atoms with van der Waals surface area (Å²) in [7, 11) is 0. The number of thiazole rings is 1. The van der Waals surface area contributed by atoms with Gasteiger partial charge in [-0.25, -0.2) is 4.98 Å². The normalized spacial score (nSPS) is 12.6. The molecule has 1 aromatic heterocycles. The van der Waals surface area contributed by atoms with Crippen molar-refractivity contribution in [3.8, 4) is 0 Å². The first kappa shape index (κ1) is 12.2. The summed E-state index contributed by atoms with van der Waals surface area (Å²) in [6, 6.07) is 9.93. The molecule has 0 bridgehead atoms. The minimum absolute atomic E-state index is 0.0294. The van der Waals surface area contributed by atoms with Crippen LogP contribution in [0.2, 0.25) is 0 Å². The Hall–Kier alpha value is -1.23. The van der Waals surface area contributed by atoms with Gasteiger partial charge in [-0.3, -0.25) is 0 Å². The molecule has 0 aliphatic rings. The molecule has 1 aromatic carbocycles. The molecule has 0 fully saturated rings.